The van der Waals surface area contributed by atoms with Gasteiger partial charge in [-0.1, -0.05) is 26.0 Å². The summed E-state index contributed by atoms with van der Waals surface area (Å²) in [6.45, 7) is 4.52. The van der Waals surface area contributed by atoms with Crippen LogP contribution in [-0.4, -0.2) is 32.0 Å². The van der Waals surface area contributed by atoms with E-state index in [0.29, 0.717) is 24.3 Å². The monoisotopic (exact) mass is 341 g/mol. The SMILES string of the molecule is CCN(CC)S(=O)(=O)c1ccc(N=Cc2ccc(C#N)cc2)cc1. The van der Waals surface area contributed by atoms with Crippen LogP contribution in [0.15, 0.2) is 58.4 Å². The lowest BCUT2D eigenvalue weighted by molar-refractivity contribution is 0.445. The maximum Gasteiger partial charge on any atom is 0.243 e. The molecule has 0 atom stereocenters. The van der Waals surface area contributed by atoms with Crippen molar-refractivity contribution in [3.63, 3.8) is 0 Å². The Labute approximate surface area is 142 Å². The number of hydrogen-bond donors (Lipinski definition) is 0. The quantitative estimate of drug-likeness (QED) is 0.756. The van der Waals surface area contributed by atoms with E-state index in [9.17, 15) is 8.42 Å². The standard InChI is InChI=1S/C18H19N3O2S/c1-3-21(4-2)24(22,23)18-11-9-17(10-12-18)20-14-16-7-5-15(13-19)6-8-16/h5-12,14H,3-4H2,1-2H3. The van der Waals surface area contributed by atoms with Crippen molar-refractivity contribution in [2.75, 3.05) is 13.1 Å². The summed E-state index contributed by atoms with van der Waals surface area (Å²) in [4.78, 5) is 4.59. The average molecular weight is 341 g/mol. The number of nitrogens with zero attached hydrogens (tertiary/aromatic N) is 3. The third kappa shape index (κ3) is 4.07. The van der Waals surface area contributed by atoms with Crippen LogP contribution in [0.5, 0.6) is 0 Å². The molecule has 0 aromatic heterocycles. The van der Waals surface area contributed by atoms with Crippen molar-refractivity contribution >= 4 is 21.9 Å². The minimum Gasteiger partial charge on any atom is -0.256 e. The van der Waals surface area contributed by atoms with Crippen LogP contribution in [0.25, 0.3) is 0 Å². The zero-order chi connectivity index (χ0) is 17.6. The van der Waals surface area contributed by atoms with Gasteiger partial charge in [0.15, 0.2) is 0 Å². The van der Waals surface area contributed by atoms with Gasteiger partial charge in [0.1, 0.15) is 0 Å². The highest BCUT2D eigenvalue weighted by atomic mass is 32.2. The highest BCUT2D eigenvalue weighted by molar-refractivity contribution is 7.89. The van der Waals surface area contributed by atoms with Crippen LogP contribution in [0.3, 0.4) is 0 Å². The second-order valence-corrected chi connectivity index (χ2v) is 7.01. The summed E-state index contributed by atoms with van der Waals surface area (Å²) in [6, 6.07) is 15.6. The summed E-state index contributed by atoms with van der Waals surface area (Å²) in [5, 5.41) is 8.77. The maximum atomic E-state index is 12.4. The number of rotatable bonds is 6. The number of nitriles is 1. The smallest absolute Gasteiger partial charge is 0.243 e. The van der Waals surface area contributed by atoms with Crippen LogP contribution >= 0.6 is 0 Å². The molecule has 2 aromatic rings. The summed E-state index contributed by atoms with van der Waals surface area (Å²) in [5.74, 6) is 0. The Morgan fingerprint density at radius 3 is 2.12 bits per heavy atom. The van der Waals surface area contributed by atoms with Gasteiger partial charge in [0.2, 0.25) is 10.0 Å². The van der Waals surface area contributed by atoms with Gasteiger partial charge in [-0.2, -0.15) is 9.57 Å². The fraction of sp³-hybridized carbons (Fsp3) is 0.222. The van der Waals surface area contributed by atoms with E-state index in [1.165, 1.54) is 4.31 Å². The lowest BCUT2D eigenvalue weighted by Gasteiger charge is -2.18. The Morgan fingerprint density at radius 1 is 1.04 bits per heavy atom. The van der Waals surface area contributed by atoms with Gasteiger partial charge in [-0.25, -0.2) is 8.42 Å². The molecule has 0 heterocycles. The van der Waals surface area contributed by atoms with Crippen LogP contribution in [0, 0.1) is 11.3 Å². The van der Waals surface area contributed by atoms with Crippen molar-refractivity contribution in [3.8, 4) is 6.07 Å². The molecule has 0 bridgehead atoms. The minimum atomic E-state index is -3.44. The fourth-order valence-electron chi connectivity index (χ4n) is 2.21. The molecule has 0 aliphatic carbocycles. The van der Waals surface area contributed by atoms with Crippen LogP contribution in [0.1, 0.15) is 25.0 Å². The first-order valence-corrected chi connectivity index (χ1v) is 9.09. The first-order valence-electron chi connectivity index (χ1n) is 7.65. The molecule has 0 saturated heterocycles. The Morgan fingerprint density at radius 2 is 1.62 bits per heavy atom. The lowest BCUT2D eigenvalue weighted by Crippen LogP contribution is -2.30. The predicted octanol–water partition coefficient (Wildman–Crippen LogP) is 3.34. The molecule has 124 valence electrons. The van der Waals surface area contributed by atoms with Crippen molar-refractivity contribution in [2.45, 2.75) is 18.7 Å². The summed E-state index contributed by atoms with van der Waals surface area (Å²) < 4.78 is 26.2. The van der Waals surface area contributed by atoms with Gasteiger partial charge in [-0.3, -0.25) is 4.99 Å². The molecule has 0 spiro atoms. The van der Waals surface area contributed by atoms with E-state index in [0.717, 1.165) is 5.56 Å². The molecule has 0 unspecified atom stereocenters. The van der Waals surface area contributed by atoms with E-state index >= 15 is 0 Å². The first kappa shape index (κ1) is 17.9. The Kier molecular flexibility index (Phi) is 5.85. The van der Waals surface area contributed by atoms with Gasteiger partial charge in [-0.15, -0.1) is 0 Å². The van der Waals surface area contributed by atoms with Gasteiger partial charge < -0.3 is 0 Å². The largest absolute Gasteiger partial charge is 0.256 e. The minimum absolute atomic E-state index is 0.267. The number of benzene rings is 2. The second-order valence-electron chi connectivity index (χ2n) is 5.08. The van der Waals surface area contributed by atoms with Crippen molar-refractivity contribution in [1.29, 1.82) is 5.26 Å². The van der Waals surface area contributed by atoms with Crippen LogP contribution in [0.2, 0.25) is 0 Å². The molecular weight excluding hydrogens is 322 g/mol. The third-order valence-electron chi connectivity index (χ3n) is 3.58. The van der Waals surface area contributed by atoms with Crippen LogP contribution in [-0.2, 0) is 10.0 Å². The van der Waals surface area contributed by atoms with E-state index in [2.05, 4.69) is 11.1 Å². The molecule has 5 nitrogen and oxygen atoms in total. The van der Waals surface area contributed by atoms with Crippen molar-refractivity contribution in [1.82, 2.24) is 4.31 Å². The Hall–Kier alpha value is -2.49. The molecule has 0 N–H and O–H groups in total. The highest BCUT2D eigenvalue weighted by Crippen LogP contribution is 2.19. The topological polar surface area (TPSA) is 73.5 Å². The fourth-order valence-corrected chi connectivity index (χ4v) is 3.67. The molecular formula is C18H19N3O2S. The van der Waals surface area contributed by atoms with Crippen molar-refractivity contribution in [2.24, 2.45) is 4.99 Å². The normalized spacial score (nSPS) is 11.8. The molecule has 0 radical (unpaired) electrons. The Bertz CT molecular complexity index is 845. The molecule has 0 amide bonds. The molecule has 2 rings (SSSR count). The van der Waals surface area contributed by atoms with E-state index in [4.69, 9.17) is 5.26 Å². The van der Waals surface area contributed by atoms with E-state index in [1.807, 2.05) is 13.8 Å². The average Bonchev–Trinajstić information content (AvgIpc) is 2.61. The summed E-state index contributed by atoms with van der Waals surface area (Å²) >= 11 is 0. The molecule has 24 heavy (non-hydrogen) atoms. The van der Waals surface area contributed by atoms with Gasteiger partial charge in [0.05, 0.1) is 22.2 Å². The molecule has 0 aliphatic rings. The van der Waals surface area contributed by atoms with E-state index in [1.54, 1.807) is 54.7 Å². The van der Waals surface area contributed by atoms with Gasteiger partial charge >= 0.3 is 0 Å². The zero-order valence-corrected chi connectivity index (χ0v) is 14.5. The van der Waals surface area contributed by atoms with Gasteiger partial charge in [0, 0.05) is 19.3 Å². The number of hydrogen-bond acceptors (Lipinski definition) is 4. The zero-order valence-electron chi connectivity index (χ0n) is 13.7. The number of aliphatic imine (C=N–C) groups is 1. The summed E-state index contributed by atoms with van der Waals surface area (Å²) in [5.41, 5.74) is 2.13. The van der Waals surface area contributed by atoms with Crippen LogP contribution < -0.4 is 0 Å². The van der Waals surface area contributed by atoms with Crippen LogP contribution in [0.4, 0.5) is 5.69 Å². The third-order valence-corrected chi connectivity index (χ3v) is 5.65. The summed E-state index contributed by atoms with van der Waals surface area (Å²) in [6.07, 6.45) is 1.68. The summed E-state index contributed by atoms with van der Waals surface area (Å²) in [7, 11) is -3.44. The predicted molar refractivity (Wildman–Crippen MR) is 95.0 cm³/mol. The maximum absolute atomic E-state index is 12.4. The highest BCUT2D eigenvalue weighted by Gasteiger charge is 2.20. The lowest BCUT2D eigenvalue weighted by atomic mass is 10.2. The molecule has 0 saturated carbocycles. The molecule has 2 aromatic carbocycles. The first-order chi connectivity index (χ1) is 11.5. The molecule has 0 aliphatic heterocycles. The van der Waals surface area contributed by atoms with E-state index in [-0.39, 0.29) is 4.90 Å². The van der Waals surface area contributed by atoms with Crippen molar-refractivity contribution < 1.29 is 8.42 Å². The van der Waals surface area contributed by atoms with Gasteiger partial charge in [-0.05, 0) is 42.0 Å². The Balaban J connectivity index is 2.17. The van der Waals surface area contributed by atoms with E-state index < -0.39 is 10.0 Å². The number of sulfonamides is 1. The second kappa shape index (κ2) is 7.86. The van der Waals surface area contributed by atoms with Gasteiger partial charge in [0.25, 0.3) is 0 Å². The molecule has 0 fully saturated rings. The molecule has 6 heteroatoms. The van der Waals surface area contributed by atoms with Crippen molar-refractivity contribution in [3.05, 3.63) is 59.7 Å².